The Morgan fingerprint density at radius 3 is 2.59 bits per heavy atom. The lowest BCUT2D eigenvalue weighted by atomic mass is 9.92. The Balaban J connectivity index is 1.84. The number of halogens is 2. The molecule has 1 unspecified atom stereocenters. The lowest BCUT2D eigenvalue weighted by molar-refractivity contribution is -0.147. The van der Waals surface area contributed by atoms with Crippen LogP contribution in [0, 0.1) is 5.92 Å². The molecule has 2 heterocycles. The molecule has 0 saturated carbocycles. The summed E-state index contributed by atoms with van der Waals surface area (Å²) in [7, 11) is 1.78. The number of aromatic nitrogens is 3. The van der Waals surface area contributed by atoms with Gasteiger partial charge in [0.15, 0.2) is 0 Å². The first-order valence-corrected chi connectivity index (χ1v) is 9.02. The molecule has 0 aromatic carbocycles. The average molecular weight is 383 g/mol. The molecule has 1 atom stereocenters. The van der Waals surface area contributed by atoms with Gasteiger partial charge in [-0.1, -0.05) is 5.57 Å². The molecular formula is C18H27F2N5O2. The minimum atomic E-state index is -3.04. The van der Waals surface area contributed by atoms with E-state index in [4.69, 9.17) is 0 Å². The molecule has 0 aliphatic carbocycles. The number of hydrogen-bond donors (Lipinski definition) is 1. The van der Waals surface area contributed by atoms with Gasteiger partial charge in [0.25, 0.3) is 5.92 Å². The SMILES string of the molecule is CC(C)=C(C)C(=O)N1CCC(CNC(=O)CCc2nncn2C)C(F)(F)C1. The van der Waals surface area contributed by atoms with Crippen LogP contribution in [0.25, 0.3) is 0 Å². The number of nitrogens with zero attached hydrogens (tertiary/aromatic N) is 4. The van der Waals surface area contributed by atoms with Crippen LogP contribution in [0.5, 0.6) is 0 Å². The standard InChI is InChI=1S/C18H27F2N5O2/c1-12(2)13(3)17(27)25-8-7-14(18(19,20)10-25)9-21-16(26)6-5-15-23-22-11-24(15)4/h11,14H,5-10H2,1-4H3,(H,21,26). The lowest BCUT2D eigenvalue weighted by Gasteiger charge is -2.38. The van der Waals surface area contributed by atoms with E-state index in [-0.39, 0.29) is 37.7 Å². The van der Waals surface area contributed by atoms with Gasteiger partial charge in [0, 0.05) is 44.5 Å². The first-order chi connectivity index (χ1) is 12.6. The second-order valence-corrected chi connectivity index (χ2v) is 7.26. The summed E-state index contributed by atoms with van der Waals surface area (Å²) in [5.41, 5.74) is 1.32. The van der Waals surface area contributed by atoms with E-state index in [1.807, 2.05) is 0 Å². The van der Waals surface area contributed by atoms with Gasteiger partial charge in [0.1, 0.15) is 12.2 Å². The third kappa shape index (κ3) is 5.33. The summed E-state index contributed by atoms with van der Waals surface area (Å²) in [6, 6.07) is 0. The number of amides is 2. The van der Waals surface area contributed by atoms with E-state index < -0.39 is 18.4 Å². The zero-order valence-corrected chi connectivity index (χ0v) is 16.3. The Kier molecular flexibility index (Phi) is 6.67. The molecular weight excluding hydrogens is 356 g/mol. The van der Waals surface area contributed by atoms with E-state index in [0.29, 0.717) is 17.8 Å². The smallest absolute Gasteiger partial charge is 0.269 e. The van der Waals surface area contributed by atoms with Crippen molar-refractivity contribution in [2.45, 2.75) is 46.0 Å². The molecule has 150 valence electrons. The molecule has 0 radical (unpaired) electrons. The van der Waals surface area contributed by atoms with Crippen molar-refractivity contribution in [3.05, 3.63) is 23.3 Å². The number of nitrogens with one attached hydrogen (secondary N) is 1. The summed E-state index contributed by atoms with van der Waals surface area (Å²) in [6.07, 6.45) is 2.25. The van der Waals surface area contributed by atoms with E-state index in [2.05, 4.69) is 15.5 Å². The summed E-state index contributed by atoms with van der Waals surface area (Å²) < 4.78 is 30.7. The molecule has 0 spiro atoms. The Morgan fingerprint density at radius 1 is 1.33 bits per heavy atom. The van der Waals surface area contributed by atoms with Crippen LogP contribution in [0.2, 0.25) is 0 Å². The maximum Gasteiger partial charge on any atom is 0.269 e. The van der Waals surface area contributed by atoms with Gasteiger partial charge in [-0.05, 0) is 27.2 Å². The maximum atomic E-state index is 14.5. The van der Waals surface area contributed by atoms with E-state index in [0.717, 1.165) is 5.57 Å². The quantitative estimate of drug-likeness (QED) is 0.759. The van der Waals surface area contributed by atoms with Crippen LogP contribution in [-0.2, 0) is 23.1 Å². The van der Waals surface area contributed by atoms with Gasteiger partial charge < -0.3 is 14.8 Å². The normalized spacial score (nSPS) is 18.9. The first kappa shape index (κ1) is 21.0. The highest BCUT2D eigenvalue weighted by Gasteiger charge is 2.45. The van der Waals surface area contributed by atoms with Gasteiger partial charge in [0.05, 0.1) is 6.54 Å². The third-order valence-corrected chi connectivity index (χ3v) is 5.03. The predicted octanol–water partition coefficient (Wildman–Crippen LogP) is 1.70. The molecule has 2 rings (SSSR count). The molecule has 7 nitrogen and oxygen atoms in total. The number of likely N-dealkylation sites (tertiary alicyclic amines) is 1. The summed E-state index contributed by atoms with van der Waals surface area (Å²) >= 11 is 0. The number of piperidine rings is 1. The zero-order valence-electron chi connectivity index (χ0n) is 16.3. The number of hydrogen-bond acceptors (Lipinski definition) is 4. The largest absolute Gasteiger partial charge is 0.356 e. The Morgan fingerprint density at radius 2 is 2.04 bits per heavy atom. The highest BCUT2D eigenvalue weighted by molar-refractivity contribution is 5.93. The molecule has 1 N–H and O–H groups in total. The topological polar surface area (TPSA) is 80.1 Å². The molecule has 0 bridgehead atoms. The van der Waals surface area contributed by atoms with Crippen LogP contribution in [-0.4, -0.2) is 57.0 Å². The van der Waals surface area contributed by atoms with Crippen molar-refractivity contribution in [1.29, 1.82) is 0 Å². The summed E-state index contributed by atoms with van der Waals surface area (Å²) in [5.74, 6) is -4.00. The van der Waals surface area contributed by atoms with Crippen molar-refractivity contribution in [3.63, 3.8) is 0 Å². The van der Waals surface area contributed by atoms with Gasteiger partial charge in [-0.25, -0.2) is 8.78 Å². The van der Waals surface area contributed by atoms with Gasteiger partial charge in [-0.3, -0.25) is 9.59 Å². The van der Waals surface area contributed by atoms with Crippen molar-refractivity contribution in [2.75, 3.05) is 19.6 Å². The van der Waals surface area contributed by atoms with E-state index in [1.165, 1.54) is 4.90 Å². The number of carbonyl (C=O) groups excluding carboxylic acids is 2. The first-order valence-electron chi connectivity index (χ1n) is 9.02. The van der Waals surface area contributed by atoms with Gasteiger partial charge in [-0.15, -0.1) is 10.2 Å². The second-order valence-electron chi connectivity index (χ2n) is 7.26. The van der Waals surface area contributed by atoms with Crippen LogP contribution >= 0.6 is 0 Å². The van der Waals surface area contributed by atoms with Gasteiger partial charge >= 0.3 is 0 Å². The molecule has 1 aromatic heterocycles. The fourth-order valence-electron chi connectivity index (χ4n) is 2.95. The fourth-order valence-corrected chi connectivity index (χ4v) is 2.95. The monoisotopic (exact) mass is 383 g/mol. The number of carbonyl (C=O) groups is 2. The zero-order chi connectivity index (χ0) is 20.2. The lowest BCUT2D eigenvalue weighted by Crippen LogP contribution is -2.53. The summed E-state index contributed by atoms with van der Waals surface area (Å²) in [6.45, 7) is 4.77. The molecule has 1 fully saturated rings. The van der Waals surface area contributed by atoms with Crippen LogP contribution in [0.1, 0.15) is 39.4 Å². The van der Waals surface area contributed by atoms with Crippen molar-refractivity contribution < 1.29 is 18.4 Å². The summed E-state index contributed by atoms with van der Waals surface area (Å²) in [4.78, 5) is 25.4. The Labute approximate surface area is 157 Å². The molecule has 27 heavy (non-hydrogen) atoms. The number of aryl methyl sites for hydroxylation is 2. The summed E-state index contributed by atoms with van der Waals surface area (Å²) in [5, 5.41) is 10.2. The van der Waals surface area contributed by atoms with Crippen molar-refractivity contribution in [3.8, 4) is 0 Å². The molecule has 1 aliphatic rings. The van der Waals surface area contributed by atoms with Crippen molar-refractivity contribution in [1.82, 2.24) is 25.0 Å². The van der Waals surface area contributed by atoms with E-state index in [9.17, 15) is 18.4 Å². The highest BCUT2D eigenvalue weighted by atomic mass is 19.3. The van der Waals surface area contributed by atoms with Crippen molar-refractivity contribution in [2.24, 2.45) is 13.0 Å². The number of alkyl halides is 2. The van der Waals surface area contributed by atoms with Gasteiger partial charge in [-0.2, -0.15) is 0 Å². The van der Waals surface area contributed by atoms with Crippen molar-refractivity contribution >= 4 is 11.8 Å². The minimum Gasteiger partial charge on any atom is -0.356 e. The van der Waals surface area contributed by atoms with Crippen LogP contribution < -0.4 is 5.32 Å². The Hall–Kier alpha value is -2.32. The van der Waals surface area contributed by atoms with Crippen LogP contribution in [0.15, 0.2) is 17.5 Å². The minimum absolute atomic E-state index is 0.103. The molecule has 9 heteroatoms. The van der Waals surface area contributed by atoms with Crippen LogP contribution in [0.3, 0.4) is 0 Å². The van der Waals surface area contributed by atoms with Gasteiger partial charge in [0.2, 0.25) is 11.8 Å². The molecule has 2 amide bonds. The number of allylic oxidation sites excluding steroid dienone is 1. The molecule has 1 saturated heterocycles. The van der Waals surface area contributed by atoms with E-state index >= 15 is 0 Å². The highest BCUT2D eigenvalue weighted by Crippen LogP contribution is 2.33. The average Bonchev–Trinajstić information content (AvgIpc) is 3.01. The number of rotatable bonds is 6. The van der Waals surface area contributed by atoms with E-state index in [1.54, 1.807) is 38.7 Å². The maximum absolute atomic E-state index is 14.5. The van der Waals surface area contributed by atoms with Crippen LogP contribution in [0.4, 0.5) is 8.78 Å². The molecule has 1 aromatic rings. The fraction of sp³-hybridized carbons (Fsp3) is 0.667. The third-order valence-electron chi connectivity index (χ3n) is 5.03. The molecule has 1 aliphatic heterocycles. The second kappa shape index (κ2) is 8.58. The predicted molar refractivity (Wildman–Crippen MR) is 96.0 cm³/mol. The Bertz CT molecular complexity index is 725.